The summed E-state index contributed by atoms with van der Waals surface area (Å²) in [4.78, 5) is 33.4. The molecule has 0 bridgehead atoms. The Hall–Kier alpha value is -1.39. The van der Waals surface area contributed by atoms with Crippen molar-refractivity contribution >= 4 is 17.9 Å². The predicted molar refractivity (Wildman–Crippen MR) is 98.3 cm³/mol. The van der Waals surface area contributed by atoms with Crippen LogP contribution in [0.25, 0.3) is 0 Å². The van der Waals surface area contributed by atoms with Gasteiger partial charge in [-0.3, -0.25) is 14.4 Å². The van der Waals surface area contributed by atoms with E-state index in [4.69, 9.17) is 9.84 Å². The molecule has 0 radical (unpaired) electrons. The molecule has 0 atom stereocenters. The third-order valence-corrected chi connectivity index (χ3v) is 4.23. The quantitative estimate of drug-likeness (QED) is 0.214. The van der Waals surface area contributed by atoms with E-state index in [1.165, 1.54) is 38.5 Å². The van der Waals surface area contributed by atoms with E-state index in [0.717, 1.165) is 32.1 Å². The molecule has 0 amide bonds. The van der Waals surface area contributed by atoms with Crippen molar-refractivity contribution in [1.82, 2.24) is 0 Å². The second kappa shape index (κ2) is 17.4. The molecule has 0 aromatic heterocycles. The Bertz CT molecular complexity index is 365. The van der Waals surface area contributed by atoms with Crippen molar-refractivity contribution in [3.8, 4) is 0 Å². The van der Waals surface area contributed by atoms with Gasteiger partial charge < -0.3 is 9.84 Å². The van der Waals surface area contributed by atoms with Gasteiger partial charge in [-0.05, 0) is 19.3 Å². The van der Waals surface area contributed by atoms with E-state index < -0.39 is 17.9 Å². The lowest BCUT2D eigenvalue weighted by atomic mass is 10.1. The van der Waals surface area contributed by atoms with Crippen molar-refractivity contribution in [3.63, 3.8) is 0 Å². The Morgan fingerprint density at radius 1 is 0.600 bits per heavy atom. The monoisotopic (exact) mass is 356 g/mol. The third kappa shape index (κ3) is 18.8. The molecular weight excluding hydrogens is 320 g/mol. The van der Waals surface area contributed by atoms with Crippen LogP contribution in [0, 0.1) is 0 Å². The zero-order valence-corrected chi connectivity index (χ0v) is 15.9. The summed E-state index contributed by atoms with van der Waals surface area (Å²) in [6, 6.07) is 0. The van der Waals surface area contributed by atoms with Crippen molar-refractivity contribution < 1.29 is 24.2 Å². The van der Waals surface area contributed by atoms with Crippen LogP contribution < -0.4 is 0 Å². The molecule has 0 heterocycles. The van der Waals surface area contributed by atoms with E-state index in [9.17, 15) is 14.4 Å². The van der Waals surface area contributed by atoms with Crippen LogP contribution in [0.5, 0.6) is 0 Å². The van der Waals surface area contributed by atoms with Crippen LogP contribution in [0.3, 0.4) is 0 Å². The summed E-state index contributed by atoms with van der Waals surface area (Å²) in [7, 11) is 0. The Morgan fingerprint density at radius 3 is 1.36 bits per heavy atom. The Balaban J connectivity index is 3.38. The van der Waals surface area contributed by atoms with Gasteiger partial charge in [-0.25, -0.2) is 0 Å². The van der Waals surface area contributed by atoms with Gasteiger partial charge in [-0.1, -0.05) is 71.1 Å². The first kappa shape index (κ1) is 23.6. The SMILES string of the molecule is CCCCCCCCCCCC(=O)OC(=O)CCCCCCC(=O)O. The van der Waals surface area contributed by atoms with Gasteiger partial charge in [-0.2, -0.15) is 0 Å². The highest BCUT2D eigenvalue weighted by Gasteiger charge is 2.09. The van der Waals surface area contributed by atoms with Gasteiger partial charge in [0.2, 0.25) is 0 Å². The van der Waals surface area contributed by atoms with Gasteiger partial charge in [-0.15, -0.1) is 0 Å². The highest BCUT2D eigenvalue weighted by Crippen LogP contribution is 2.11. The molecule has 0 aromatic rings. The molecule has 0 aromatic carbocycles. The van der Waals surface area contributed by atoms with Gasteiger partial charge in [0, 0.05) is 19.3 Å². The second-order valence-corrected chi connectivity index (χ2v) is 6.73. The van der Waals surface area contributed by atoms with E-state index in [1.807, 2.05) is 0 Å². The maximum Gasteiger partial charge on any atom is 0.313 e. The molecular formula is C20H36O5. The number of unbranched alkanes of at least 4 members (excludes halogenated alkanes) is 11. The van der Waals surface area contributed by atoms with Crippen LogP contribution in [0.15, 0.2) is 0 Å². The van der Waals surface area contributed by atoms with E-state index in [2.05, 4.69) is 6.92 Å². The van der Waals surface area contributed by atoms with Gasteiger partial charge in [0.1, 0.15) is 0 Å². The standard InChI is InChI=1S/C20H36O5/c1-2-3-4-5-6-7-8-9-13-16-19(23)25-20(24)17-14-11-10-12-15-18(21)22/h2-17H2,1H3,(H,21,22). The van der Waals surface area contributed by atoms with Crippen molar-refractivity contribution in [2.75, 3.05) is 0 Å². The molecule has 0 rings (SSSR count). The number of hydrogen-bond donors (Lipinski definition) is 1. The first-order valence-electron chi connectivity index (χ1n) is 10.0. The molecule has 25 heavy (non-hydrogen) atoms. The number of rotatable bonds is 17. The van der Waals surface area contributed by atoms with Crippen molar-refractivity contribution in [2.45, 2.75) is 110 Å². The molecule has 1 N–H and O–H groups in total. The van der Waals surface area contributed by atoms with Crippen LogP contribution in [0.2, 0.25) is 0 Å². The zero-order chi connectivity index (χ0) is 18.8. The topological polar surface area (TPSA) is 80.7 Å². The molecule has 0 aliphatic rings. The first-order chi connectivity index (χ1) is 12.1. The minimum absolute atomic E-state index is 0.168. The molecule has 0 aliphatic carbocycles. The van der Waals surface area contributed by atoms with Gasteiger partial charge >= 0.3 is 17.9 Å². The number of carboxylic acids is 1. The summed E-state index contributed by atoms with van der Waals surface area (Å²) < 4.78 is 4.80. The minimum Gasteiger partial charge on any atom is -0.481 e. The highest BCUT2D eigenvalue weighted by molar-refractivity contribution is 5.85. The number of aliphatic carboxylic acids is 1. The normalized spacial score (nSPS) is 10.6. The molecule has 5 nitrogen and oxygen atoms in total. The van der Waals surface area contributed by atoms with Crippen molar-refractivity contribution in [3.05, 3.63) is 0 Å². The number of esters is 2. The zero-order valence-electron chi connectivity index (χ0n) is 15.9. The summed E-state index contributed by atoms with van der Waals surface area (Å²) >= 11 is 0. The molecule has 0 aliphatic heterocycles. The van der Waals surface area contributed by atoms with Crippen LogP contribution in [-0.4, -0.2) is 23.0 Å². The fourth-order valence-electron chi connectivity index (χ4n) is 2.71. The molecule has 0 spiro atoms. The van der Waals surface area contributed by atoms with E-state index >= 15 is 0 Å². The van der Waals surface area contributed by atoms with E-state index in [-0.39, 0.29) is 12.8 Å². The number of ether oxygens (including phenoxy) is 1. The molecule has 146 valence electrons. The van der Waals surface area contributed by atoms with Gasteiger partial charge in [0.25, 0.3) is 0 Å². The lowest BCUT2D eigenvalue weighted by molar-refractivity contribution is -0.159. The van der Waals surface area contributed by atoms with Crippen LogP contribution >= 0.6 is 0 Å². The van der Waals surface area contributed by atoms with Crippen LogP contribution in [0.4, 0.5) is 0 Å². The average molecular weight is 357 g/mol. The summed E-state index contributed by atoms with van der Waals surface area (Å²) in [6.07, 6.45) is 14.2. The van der Waals surface area contributed by atoms with Crippen molar-refractivity contribution in [2.24, 2.45) is 0 Å². The van der Waals surface area contributed by atoms with Gasteiger partial charge in [0.05, 0.1) is 0 Å². The number of carboxylic acid groups (broad SMARTS) is 1. The maximum atomic E-state index is 11.6. The molecule has 0 saturated heterocycles. The lowest BCUT2D eigenvalue weighted by Crippen LogP contribution is -2.11. The van der Waals surface area contributed by atoms with Crippen molar-refractivity contribution in [1.29, 1.82) is 0 Å². The smallest absolute Gasteiger partial charge is 0.313 e. The van der Waals surface area contributed by atoms with E-state index in [1.54, 1.807) is 0 Å². The molecule has 0 fully saturated rings. The summed E-state index contributed by atoms with van der Waals surface area (Å²) in [6.45, 7) is 2.21. The Morgan fingerprint density at radius 2 is 0.960 bits per heavy atom. The van der Waals surface area contributed by atoms with Gasteiger partial charge in [0.15, 0.2) is 0 Å². The fraction of sp³-hybridized carbons (Fsp3) is 0.850. The predicted octanol–water partition coefficient (Wildman–Crippen LogP) is 5.40. The Labute approximate surface area is 152 Å². The number of carbonyl (C=O) groups excluding carboxylic acids is 2. The summed E-state index contributed by atoms with van der Waals surface area (Å²) in [5, 5.41) is 8.51. The molecule has 5 heteroatoms. The minimum atomic E-state index is -0.790. The third-order valence-electron chi connectivity index (χ3n) is 4.23. The van der Waals surface area contributed by atoms with E-state index in [0.29, 0.717) is 19.3 Å². The molecule has 0 unspecified atom stereocenters. The van der Waals surface area contributed by atoms with Crippen LogP contribution in [0.1, 0.15) is 110 Å². The Kier molecular flexibility index (Phi) is 16.5. The average Bonchev–Trinajstić information content (AvgIpc) is 2.56. The highest BCUT2D eigenvalue weighted by atomic mass is 16.6. The lowest BCUT2D eigenvalue weighted by Gasteiger charge is -2.04. The largest absolute Gasteiger partial charge is 0.481 e. The van der Waals surface area contributed by atoms with Crippen LogP contribution in [-0.2, 0) is 19.1 Å². The number of hydrogen-bond acceptors (Lipinski definition) is 4. The molecule has 0 saturated carbocycles. The second-order valence-electron chi connectivity index (χ2n) is 6.73. The fourth-order valence-corrected chi connectivity index (χ4v) is 2.71. The first-order valence-corrected chi connectivity index (χ1v) is 10.0. The summed E-state index contributed by atoms with van der Waals surface area (Å²) in [5.41, 5.74) is 0. The maximum absolute atomic E-state index is 11.6. The number of carbonyl (C=O) groups is 3. The summed E-state index contributed by atoms with van der Waals surface area (Å²) in [5.74, 6) is -1.67.